The standard InChI is InChI=1S/C15H20BrN3OS/c1-10(15(20)19-7-3-2-4-8-19)18-13-9-11(16)5-6-12(13)14(17)21/h5-6,9-10,18H,2-4,7-8H2,1H3,(H2,17,21). The van der Waals surface area contributed by atoms with Crippen molar-refractivity contribution in [2.24, 2.45) is 5.73 Å². The number of likely N-dealkylation sites (tertiary alicyclic amines) is 1. The molecule has 1 atom stereocenters. The van der Waals surface area contributed by atoms with E-state index in [4.69, 9.17) is 18.0 Å². The van der Waals surface area contributed by atoms with Crippen molar-refractivity contribution in [1.82, 2.24) is 4.90 Å². The number of amides is 1. The van der Waals surface area contributed by atoms with Crippen molar-refractivity contribution < 1.29 is 4.79 Å². The number of anilines is 1. The molecule has 6 heteroatoms. The Morgan fingerprint density at radius 2 is 2.05 bits per heavy atom. The summed E-state index contributed by atoms with van der Waals surface area (Å²) in [4.78, 5) is 14.7. The summed E-state index contributed by atoms with van der Waals surface area (Å²) in [5, 5.41) is 3.24. The molecule has 114 valence electrons. The number of halogens is 1. The normalized spacial score (nSPS) is 16.4. The van der Waals surface area contributed by atoms with Gasteiger partial charge in [0.1, 0.15) is 11.0 Å². The fourth-order valence-electron chi connectivity index (χ4n) is 2.53. The van der Waals surface area contributed by atoms with Crippen LogP contribution in [0.2, 0.25) is 0 Å². The maximum absolute atomic E-state index is 12.5. The summed E-state index contributed by atoms with van der Waals surface area (Å²) in [6.45, 7) is 3.58. The highest BCUT2D eigenvalue weighted by molar-refractivity contribution is 9.10. The number of nitrogens with two attached hydrogens (primary N) is 1. The number of hydrogen-bond acceptors (Lipinski definition) is 3. The summed E-state index contributed by atoms with van der Waals surface area (Å²) >= 11 is 8.49. The molecule has 1 amide bonds. The third-order valence-electron chi connectivity index (χ3n) is 3.66. The van der Waals surface area contributed by atoms with Gasteiger partial charge in [-0.2, -0.15) is 0 Å². The van der Waals surface area contributed by atoms with E-state index in [9.17, 15) is 4.79 Å². The number of hydrogen-bond donors (Lipinski definition) is 2. The second kappa shape index (κ2) is 7.22. The van der Waals surface area contributed by atoms with Crippen LogP contribution in [0.5, 0.6) is 0 Å². The highest BCUT2D eigenvalue weighted by atomic mass is 79.9. The molecule has 4 nitrogen and oxygen atoms in total. The van der Waals surface area contributed by atoms with Gasteiger partial charge in [0.25, 0.3) is 0 Å². The van der Waals surface area contributed by atoms with Gasteiger partial charge in [-0.1, -0.05) is 28.1 Å². The molecule has 0 aromatic heterocycles. The van der Waals surface area contributed by atoms with Gasteiger partial charge in [0, 0.05) is 28.8 Å². The van der Waals surface area contributed by atoms with Gasteiger partial charge in [-0.3, -0.25) is 4.79 Å². The Bertz CT molecular complexity index is 544. The molecule has 1 fully saturated rings. The first-order valence-corrected chi connectivity index (χ1v) is 8.34. The number of rotatable bonds is 4. The van der Waals surface area contributed by atoms with Crippen molar-refractivity contribution >= 4 is 44.7 Å². The van der Waals surface area contributed by atoms with Gasteiger partial charge in [-0.05, 0) is 44.4 Å². The van der Waals surface area contributed by atoms with Crippen molar-refractivity contribution in [3.63, 3.8) is 0 Å². The van der Waals surface area contributed by atoms with Crippen LogP contribution in [0.3, 0.4) is 0 Å². The van der Waals surface area contributed by atoms with Crippen LogP contribution in [0.25, 0.3) is 0 Å². The number of nitrogens with zero attached hydrogens (tertiary/aromatic N) is 1. The van der Waals surface area contributed by atoms with E-state index in [1.165, 1.54) is 6.42 Å². The summed E-state index contributed by atoms with van der Waals surface area (Å²) in [6.07, 6.45) is 3.39. The molecule has 1 heterocycles. The summed E-state index contributed by atoms with van der Waals surface area (Å²) in [5.74, 6) is 0.128. The smallest absolute Gasteiger partial charge is 0.244 e. The summed E-state index contributed by atoms with van der Waals surface area (Å²) in [7, 11) is 0. The number of carbonyl (C=O) groups is 1. The summed E-state index contributed by atoms with van der Waals surface area (Å²) in [6, 6.07) is 5.34. The SMILES string of the molecule is CC(Nc1cc(Br)ccc1C(N)=S)C(=O)N1CCCCC1. The van der Waals surface area contributed by atoms with E-state index in [-0.39, 0.29) is 11.9 Å². The maximum Gasteiger partial charge on any atom is 0.244 e. The minimum absolute atomic E-state index is 0.128. The molecule has 1 saturated heterocycles. The predicted octanol–water partition coefficient (Wildman–Crippen LogP) is 2.90. The van der Waals surface area contributed by atoms with Crippen LogP contribution in [-0.4, -0.2) is 34.9 Å². The molecule has 3 N–H and O–H groups in total. The Hall–Kier alpha value is -1.14. The first-order chi connectivity index (χ1) is 9.99. The quantitative estimate of drug-likeness (QED) is 0.801. The third-order valence-corrected chi connectivity index (χ3v) is 4.37. The fourth-order valence-corrected chi connectivity index (χ4v) is 3.07. The number of nitrogens with one attached hydrogen (secondary N) is 1. The van der Waals surface area contributed by atoms with E-state index in [0.29, 0.717) is 4.99 Å². The van der Waals surface area contributed by atoms with Crippen LogP contribution >= 0.6 is 28.1 Å². The van der Waals surface area contributed by atoms with Gasteiger partial charge in [0.05, 0.1) is 0 Å². The second-order valence-electron chi connectivity index (χ2n) is 5.31. The lowest BCUT2D eigenvalue weighted by molar-refractivity contribution is -0.132. The van der Waals surface area contributed by atoms with Crippen LogP contribution in [0.15, 0.2) is 22.7 Å². The molecule has 2 rings (SSSR count). The maximum atomic E-state index is 12.5. The van der Waals surface area contributed by atoms with Crippen molar-refractivity contribution in [2.45, 2.75) is 32.2 Å². The predicted molar refractivity (Wildman–Crippen MR) is 93.5 cm³/mol. The molecule has 21 heavy (non-hydrogen) atoms. The molecular formula is C15H20BrN3OS. The summed E-state index contributed by atoms with van der Waals surface area (Å²) in [5.41, 5.74) is 7.28. The average molecular weight is 370 g/mol. The number of piperidine rings is 1. The molecule has 1 aliphatic heterocycles. The van der Waals surface area contributed by atoms with Crippen molar-refractivity contribution in [1.29, 1.82) is 0 Å². The Labute approximate surface area is 139 Å². The first-order valence-electron chi connectivity index (χ1n) is 7.13. The zero-order valence-electron chi connectivity index (χ0n) is 12.1. The van der Waals surface area contributed by atoms with Crippen molar-refractivity contribution in [3.05, 3.63) is 28.2 Å². The first kappa shape index (κ1) is 16.2. The zero-order valence-corrected chi connectivity index (χ0v) is 14.5. The molecule has 0 aliphatic carbocycles. The lowest BCUT2D eigenvalue weighted by Crippen LogP contribution is -2.44. The van der Waals surface area contributed by atoms with Crippen LogP contribution in [-0.2, 0) is 4.79 Å². The van der Waals surface area contributed by atoms with Gasteiger partial charge in [0.2, 0.25) is 5.91 Å². The Morgan fingerprint density at radius 3 is 2.67 bits per heavy atom. The van der Waals surface area contributed by atoms with E-state index in [1.54, 1.807) is 0 Å². The molecule has 1 aromatic carbocycles. The van der Waals surface area contributed by atoms with E-state index >= 15 is 0 Å². The summed E-state index contributed by atoms with van der Waals surface area (Å²) < 4.78 is 0.919. The van der Waals surface area contributed by atoms with Crippen LogP contribution in [0.4, 0.5) is 5.69 Å². The number of carbonyl (C=O) groups excluding carboxylic acids is 1. The minimum atomic E-state index is -0.300. The van der Waals surface area contributed by atoms with Gasteiger partial charge in [0.15, 0.2) is 0 Å². The largest absolute Gasteiger partial charge is 0.389 e. The van der Waals surface area contributed by atoms with Crippen molar-refractivity contribution in [2.75, 3.05) is 18.4 Å². The molecule has 1 aliphatic rings. The van der Waals surface area contributed by atoms with E-state index in [1.807, 2.05) is 30.0 Å². The molecule has 0 saturated carbocycles. The van der Waals surface area contributed by atoms with Crippen LogP contribution < -0.4 is 11.1 Å². The number of benzene rings is 1. The van der Waals surface area contributed by atoms with Crippen LogP contribution in [0, 0.1) is 0 Å². The van der Waals surface area contributed by atoms with Gasteiger partial charge in [-0.15, -0.1) is 0 Å². The number of thiocarbonyl (C=S) groups is 1. The highest BCUT2D eigenvalue weighted by Gasteiger charge is 2.22. The molecule has 0 radical (unpaired) electrons. The van der Waals surface area contributed by atoms with E-state index in [0.717, 1.165) is 41.7 Å². The average Bonchev–Trinajstić information content (AvgIpc) is 2.47. The lowest BCUT2D eigenvalue weighted by atomic mass is 10.1. The molecule has 1 aromatic rings. The van der Waals surface area contributed by atoms with Crippen LogP contribution in [0.1, 0.15) is 31.7 Å². The Morgan fingerprint density at radius 1 is 1.38 bits per heavy atom. The fraction of sp³-hybridized carbons (Fsp3) is 0.467. The third kappa shape index (κ3) is 4.17. The lowest BCUT2D eigenvalue weighted by Gasteiger charge is -2.30. The monoisotopic (exact) mass is 369 g/mol. The highest BCUT2D eigenvalue weighted by Crippen LogP contribution is 2.23. The van der Waals surface area contributed by atoms with Gasteiger partial charge >= 0.3 is 0 Å². The topological polar surface area (TPSA) is 58.4 Å². The molecule has 1 unspecified atom stereocenters. The van der Waals surface area contributed by atoms with E-state index in [2.05, 4.69) is 21.2 Å². The van der Waals surface area contributed by atoms with Crippen molar-refractivity contribution in [3.8, 4) is 0 Å². The second-order valence-corrected chi connectivity index (χ2v) is 6.66. The zero-order chi connectivity index (χ0) is 15.4. The minimum Gasteiger partial charge on any atom is -0.389 e. The van der Waals surface area contributed by atoms with Gasteiger partial charge in [-0.25, -0.2) is 0 Å². The molecular weight excluding hydrogens is 350 g/mol. The van der Waals surface area contributed by atoms with Gasteiger partial charge < -0.3 is 16.0 Å². The Kier molecular flexibility index (Phi) is 5.58. The Balaban J connectivity index is 2.11. The molecule has 0 spiro atoms. The van der Waals surface area contributed by atoms with E-state index < -0.39 is 0 Å². The molecule has 0 bridgehead atoms.